The first-order valence-electron chi connectivity index (χ1n) is 5.10. The van der Waals surface area contributed by atoms with Crippen LogP contribution in [0.15, 0.2) is 0 Å². The molecule has 0 aromatic heterocycles. The number of rotatable bonds is 7. The fraction of sp³-hybridized carbons (Fsp3) is 1.00. The molecule has 0 unspecified atom stereocenters. The van der Waals surface area contributed by atoms with E-state index in [1.54, 1.807) is 8.58 Å². The first kappa shape index (κ1) is 9.52. The van der Waals surface area contributed by atoms with Crippen LogP contribution in [0.2, 0.25) is 0 Å². The lowest BCUT2D eigenvalue weighted by Gasteiger charge is -1.98. The summed E-state index contributed by atoms with van der Waals surface area (Å²) in [5.41, 5.74) is 1.13. The molecule has 1 fully saturated rings. The molecule has 1 rings (SSSR count). The Hall–Kier alpha value is 0.430. The van der Waals surface area contributed by atoms with E-state index >= 15 is 0 Å². The average Bonchev–Trinajstić information content (AvgIpc) is 2.80. The summed E-state index contributed by atoms with van der Waals surface area (Å²) in [7, 11) is 1.76. The van der Waals surface area contributed by atoms with Gasteiger partial charge in [0, 0.05) is 0 Å². The van der Waals surface area contributed by atoms with Crippen molar-refractivity contribution in [2.45, 2.75) is 57.5 Å². The van der Waals surface area contributed by atoms with Gasteiger partial charge in [-0.1, -0.05) is 41.2 Å². The molecule has 0 aliphatic heterocycles. The molecule has 1 heteroatoms. The van der Waals surface area contributed by atoms with Crippen molar-refractivity contribution in [3.8, 4) is 0 Å². The van der Waals surface area contributed by atoms with Crippen molar-refractivity contribution in [1.29, 1.82) is 0 Å². The number of hydrogen-bond acceptors (Lipinski definition) is 0. The minimum absolute atomic E-state index is 1.13. The van der Waals surface area contributed by atoms with Gasteiger partial charge in [0.1, 0.15) is 0 Å². The molecule has 1 aliphatic rings. The van der Waals surface area contributed by atoms with Crippen molar-refractivity contribution in [2.24, 2.45) is 0 Å². The largest absolute Gasteiger partial charge is 0.0775 e. The Kier molecular flexibility index (Phi) is 5.19. The number of hydrogen-bond donors (Lipinski definition) is 0. The van der Waals surface area contributed by atoms with E-state index in [1.807, 2.05) is 0 Å². The van der Waals surface area contributed by atoms with Crippen LogP contribution in [0.4, 0.5) is 0 Å². The Morgan fingerprint density at radius 2 is 1.82 bits per heavy atom. The molecule has 0 bridgehead atoms. The Labute approximate surface area is 72.9 Å². The Morgan fingerprint density at radius 3 is 2.45 bits per heavy atom. The minimum Gasteiger partial charge on any atom is -0.0775 e. The SMILES string of the molecule is CCCCCCC[P]C1CC1. The van der Waals surface area contributed by atoms with Crippen molar-refractivity contribution in [2.75, 3.05) is 6.16 Å². The lowest BCUT2D eigenvalue weighted by Crippen LogP contribution is -1.81. The Balaban J connectivity index is 1.66. The van der Waals surface area contributed by atoms with Gasteiger partial charge in [0.25, 0.3) is 0 Å². The highest BCUT2D eigenvalue weighted by Gasteiger charge is 2.20. The molecule has 11 heavy (non-hydrogen) atoms. The van der Waals surface area contributed by atoms with Gasteiger partial charge in [-0.05, 0) is 31.1 Å². The van der Waals surface area contributed by atoms with Gasteiger partial charge in [-0.25, -0.2) is 0 Å². The maximum absolute atomic E-state index is 2.28. The molecule has 65 valence electrons. The first-order valence-corrected chi connectivity index (χ1v) is 6.25. The summed E-state index contributed by atoms with van der Waals surface area (Å²) >= 11 is 0. The lowest BCUT2D eigenvalue weighted by molar-refractivity contribution is 0.659. The van der Waals surface area contributed by atoms with E-state index < -0.39 is 0 Å². The molecule has 0 atom stereocenters. The third-order valence-electron chi connectivity index (χ3n) is 2.20. The fourth-order valence-electron chi connectivity index (χ4n) is 1.25. The average molecular weight is 171 g/mol. The van der Waals surface area contributed by atoms with E-state index in [1.165, 1.54) is 51.1 Å². The molecule has 0 saturated heterocycles. The normalized spacial score (nSPS) is 18.3. The highest BCUT2D eigenvalue weighted by Crippen LogP contribution is 2.39. The first-order chi connectivity index (χ1) is 5.43. The van der Waals surface area contributed by atoms with Crippen LogP contribution < -0.4 is 0 Å². The van der Waals surface area contributed by atoms with Crippen LogP contribution in [0.25, 0.3) is 0 Å². The summed E-state index contributed by atoms with van der Waals surface area (Å²) < 4.78 is 0. The van der Waals surface area contributed by atoms with Crippen LogP contribution in [-0.2, 0) is 0 Å². The van der Waals surface area contributed by atoms with Crippen molar-refractivity contribution >= 4 is 8.58 Å². The Bertz CT molecular complexity index is 86.9. The van der Waals surface area contributed by atoms with E-state index in [-0.39, 0.29) is 0 Å². The van der Waals surface area contributed by atoms with Gasteiger partial charge in [0.2, 0.25) is 0 Å². The van der Waals surface area contributed by atoms with Gasteiger partial charge in [-0.15, -0.1) is 0 Å². The Morgan fingerprint density at radius 1 is 1.09 bits per heavy atom. The molecule has 0 heterocycles. The summed E-state index contributed by atoms with van der Waals surface area (Å²) in [5, 5.41) is 0. The van der Waals surface area contributed by atoms with Crippen molar-refractivity contribution in [3.63, 3.8) is 0 Å². The number of unbranched alkanes of at least 4 members (excludes halogenated alkanes) is 4. The maximum atomic E-state index is 2.28. The summed E-state index contributed by atoms with van der Waals surface area (Å²) in [6.45, 7) is 2.28. The third-order valence-corrected chi connectivity index (χ3v) is 3.80. The molecular formula is C10H20P. The van der Waals surface area contributed by atoms with Crippen LogP contribution >= 0.6 is 8.58 Å². The molecular weight excluding hydrogens is 151 g/mol. The van der Waals surface area contributed by atoms with Gasteiger partial charge in [0.15, 0.2) is 0 Å². The fourth-order valence-corrected chi connectivity index (χ4v) is 2.53. The van der Waals surface area contributed by atoms with Crippen LogP contribution in [0.5, 0.6) is 0 Å². The predicted molar refractivity (Wildman–Crippen MR) is 53.6 cm³/mol. The van der Waals surface area contributed by atoms with Crippen molar-refractivity contribution in [3.05, 3.63) is 0 Å². The molecule has 0 nitrogen and oxygen atoms in total. The molecule has 0 N–H and O–H groups in total. The van der Waals surface area contributed by atoms with Gasteiger partial charge < -0.3 is 0 Å². The summed E-state index contributed by atoms with van der Waals surface area (Å²) in [6.07, 6.45) is 11.8. The van der Waals surface area contributed by atoms with Crippen LogP contribution in [0, 0.1) is 0 Å². The van der Waals surface area contributed by atoms with Gasteiger partial charge in [-0.3, -0.25) is 0 Å². The smallest absolute Gasteiger partial charge is 0.0170 e. The van der Waals surface area contributed by atoms with Crippen molar-refractivity contribution < 1.29 is 0 Å². The van der Waals surface area contributed by atoms with Gasteiger partial charge in [-0.2, -0.15) is 0 Å². The molecule has 1 radical (unpaired) electrons. The highest BCUT2D eigenvalue weighted by molar-refractivity contribution is 7.39. The molecule has 0 spiro atoms. The third kappa shape index (κ3) is 5.67. The topological polar surface area (TPSA) is 0 Å². The van der Waals surface area contributed by atoms with Crippen LogP contribution in [0.3, 0.4) is 0 Å². The standard InChI is InChI=1S/C10H20P/c1-2-3-4-5-6-9-11-10-7-8-10/h10H,2-9H2,1H3. The molecule has 0 aromatic rings. The van der Waals surface area contributed by atoms with Crippen LogP contribution in [0.1, 0.15) is 51.9 Å². The second kappa shape index (κ2) is 6.00. The molecule has 1 saturated carbocycles. The van der Waals surface area contributed by atoms with Gasteiger partial charge in [0.05, 0.1) is 0 Å². The zero-order chi connectivity index (χ0) is 7.94. The summed E-state index contributed by atoms with van der Waals surface area (Å²) in [5.74, 6) is 0. The minimum atomic E-state index is 1.13. The zero-order valence-electron chi connectivity index (χ0n) is 7.68. The quantitative estimate of drug-likeness (QED) is 0.400. The zero-order valence-corrected chi connectivity index (χ0v) is 8.58. The monoisotopic (exact) mass is 171 g/mol. The summed E-state index contributed by atoms with van der Waals surface area (Å²) in [4.78, 5) is 0. The van der Waals surface area contributed by atoms with E-state index in [0.29, 0.717) is 0 Å². The second-order valence-corrected chi connectivity index (χ2v) is 5.09. The van der Waals surface area contributed by atoms with Crippen molar-refractivity contribution in [1.82, 2.24) is 0 Å². The predicted octanol–water partition coefficient (Wildman–Crippen LogP) is 4.07. The maximum Gasteiger partial charge on any atom is -0.0170 e. The second-order valence-electron chi connectivity index (χ2n) is 3.55. The lowest BCUT2D eigenvalue weighted by atomic mass is 10.2. The van der Waals surface area contributed by atoms with E-state index in [9.17, 15) is 0 Å². The summed E-state index contributed by atoms with van der Waals surface area (Å²) in [6, 6.07) is 0. The molecule has 0 aromatic carbocycles. The molecule has 0 amide bonds. The van der Waals surface area contributed by atoms with Gasteiger partial charge >= 0.3 is 0 Å². The highest BCUT2D eigenvalue weighted by atomic mass is 31.1. The molecule has 1 aliphatic carbocycles. The van der Waals surface area contributed by atoms with E-state index in [4.69, 9.17) is 0 Å². The van der Waals surface area contributed by atoms with E-state index in [0.717, 1.165) is 5.66 Å². The van der Waals surface area contributed by atoms with Crippen LogP contribution in [-0.4, -0.2) is 11.8 Å². The van der Waals surface area contributed by atoms with E-state index in [2.05, 4.69) is 6.92 Å².